The third kappa shape index (κ3) is 5.32. The van der Waals surface area contributed by atoms with E-state index in [1.54, 1.807) is 7.11 Å². The zero-order chi connectivity index (χ0) is 24.9. The number of hydrogen-bond acceptors (Lipinski definition) is 6. The molecule has 0 saturated carbocycles. The Labute approximate surface area is 216 Å². The molecular formula is C29H30N4O2S. The lowest BCUT2D eigenvalue weighted by Gasteiger charge is -2.36. The molecular weight excluding hydrogens is 468 g/mol. The molecule has 1 aliphatic heterocycles. The highest BCUT2D eigenvalue weighted by Crippen LogP contribution is 2.29. The van der Waals surface area contributed by atoms with E-state index in [-0.39, 0.29) is 5.91 Å². The van der Waals surface area contributed by atoms with Crippen molar-refractivity contribution in [2.75, 3.05) is 38.2 Å². The van der Waals surface area contributed by atoms with Crippen LogP contribution in [0.2, 0.25) is 0 Å². The minimum absolute atomic E-state index is 0.109. The van der Waals surface area contributed by atoms with Crippen molar-refractivity contribution in [3.63, 3.8) is 0 Å². The topological polar surface area (TPSA) is 58.6 Å². The molecule has 184 valence electrons. The van der Waals surface area contributed by atoms with Crippen molar-refractivity contribution >= 4 is 23.1 Å². The van der Waals surface area contributed by atoms with Crippen LogP contribution in [0.4, 0.5) is 5.82 Å². The zero-order valence-electron chi connectivity index (χ0n) is 20.7. The Hall–Kier alpha value is -3.55. The number of aryl methyl sites for hydroxylation is 1. The van der Waals surface area contributed by atoms with Gasteiger partial charge in [-0.2, -0.15) is 0 Å². The van der Waals surface area contributed by atoms with Crippen molar-refractivity contribution in [2.45, 2.75) is 20.0 Å². The highest BCUT2D eigenvalue weighted by atomic mass is 32.1. The summed E-state index contributed by atoms with van der Waals surface area (Å²) in [5.74, 6) is 1.74. The Balaban J connectivity index is 1.50. The number of thiophene rings is 1. The number of benzene rings is 2. The highest BCUT2D eigenvalue weighted by molar-refractivity contribution is 7.12. The second kappa shape index (κ2) is 11.0. The molecule has 0 bridgehead atoms. The van der Waals surface area contributed by atoms with Crippen LogP contribution < -0.4 is 4.90 Å². The number of ether oxygens (including phenoxy) is 1. The molecule has 7 heteroatoms. The standard InChI is InChI=1S/C29H30N4O2S/c1-21-10-12-22(13-11-21)19-24-25(20-35-2)30-27(23-7-4-3-5-8-23)31-28(24)32-14-16-33(17-15-32)29(34)26-9-6-18-36-26/h3-13,18H,14-17,19-20H2,1-2H3. The third-order valence-corrected chi connectivity index (χ3v) is 7.34. The van der Waals surface area contributed by atoms with Gasteiger partial charge in [-0.15, -0.1) is 11.3 Å². The molecule has 2 aromatic carbocycles. The SMILES string of the molecule is COCc1nc(-c2ccccc2)nc(N2CCN(C(=O)c3cccs3)CC2)c1Cc1ccc(C)cc1. The lowest BCUT2D eigenvalue weighted by Crippen LogP contribution is -2.49. The fourth-order valence-electron chi connectivity index (χ4n) is 4.52. The average molecular weight is 499 g/mol. The predicted molar refractivity (Wildman–Crippen MR) is 145 cm³/mol. The molecule has 1 fully saturated rings. The number of aromatic nitrogens is 2. The summed E-state index contributed by atoms with van der Waals surface area (Å²) in [6, 6.07) is 22.5. The lowest BCUT2D eigenvalue weighted by molar-refractivity contribution is 0.0751. The predicted octanol–water partition coefficient (Wildman–Crippen LogP) is 5.21. The van der Waals surface area contributed by atoms with E-state index >= 15 is 0 Å². The van der Waals surface area contributed by atoms with Crippen LogP contribution in [0.5, 0.6) is 0 Å². The van der Waals surface area contributed by atoms with Gasteiger partial charge in [0.05, 0.1) is 17.2 Å². The molecule has 2 aromatic heterocycles. The first-order valence-corrected chi connectivity index (χ1v) is 13.1. The van der Waals surface area contributed by atoms with Gasteiger partial charge in [0.1, 0.15) is 5.82 Å². The summed E-state index contributed by atoms with van der Waals surface area (Å²) in [6.07, 6.45) is 0.720. The smallest absolute Gasteiger partial charge is 0.264 e. The summed E-state index contributed by atoms with van der Waals surface area (Å²) in [6.45, 7) is 5.26. The van der Waals surface area contributed by atoms with Crippen molar-refractivity contribution in [3.05, 3.63) is 99.4 Å². The Kier molecular flexibility index (Phi) is 7.39. The Morgan fingerprint density at radius 2 is 1.69 bits per heavy atom. The number of carbonyl (C=O) groups is 1. The second-order valence-electron chi connectivity index (χ2n) is 9.01. The lowest BCUT2D eigenvalue weighted by atomic mass is 10.0. The number of anilines is 1. The minimum Gasteiger partial charge on any atom is -0.378 e. The summed E-state index contributed by atoms with van der Waals surface area (Å²) < 4.78 is 5.59. The molecule has 0 atom stereocenters. The number of piperazine rings is 1. The summed E-state index contributed by atoms with van der Waals surface area (Å²) in [4.78, 5) is 28.0. The van der Waals surface area contributed by atoms with Gasteiger partial charge in [0.25, 0.3) is 5.91 Å². The van der Waals surface area contributed by atoms with Crippen LogP contribution in [0.15, 0.2) is 72.1 Å². The molecule has 1 saturated heterocycles. The first-order chi connectivity index (χ1) is 17.6. The summed E-state index contributed by atoms with van der Waals surface area (Å²) in [5, 5.41) is 1.95. The van der Waals surface area contributed by atoms with Crippen LogP contribution in [-0.4, -0.2) is 54.1 Å². The number of rotatable bonds is 7. The first kappa shape index (κ1) is 24.2. The maximum absolute atomic E-state index is 12.9. The van der Waals surface area contributed by atoms with Crippen LogP contribution in [0, 0.1) is 6.92 Å². The van der Waals surface area contributed by atoms with Gasteiger partial charge < -0.3 is 14.5 Å². The summed E-state index contributed by atoms with van der Waals surface area (Å²) in [5.41, 5.74) is 5.40. The molecule has 0 aliphatic carbocycles. The van der Waals surface area contributed by atoms with E-state index in [9.17, 15) is 4.79 Å². The number of nitrogens with zero attached hydrogens (tertiary/aromatic N) is 4. The first-order valence-electron chi connectivity index (χ1n) is 12.2. The van der Waals surface area contributed by atoms with Crippen molar-refractivity contribution in [1.82, 2.24) is 14.9 Å². The van der Waals surface area contributed by atoms with E-state index in [4.69, 9.17) is 14.7 Å². The summed E-state index contributed by atoms with van der Waals surface area (Å²) >= 11 is 1.49. The number of hydrogen-bond donors (Lipinski definition) is 0. The van der Waals surface area contributed by atoms with Crippen LogP contribution in [0.3, 0.4) is 0 Å². The molecule has 0 spiro atoms. The van der Waals surface area contributed by atoms with Gasteiger partial charge in [0.15, 0.2) is 5.82 Å². The Bertz CT molecular complexity index is 1300. The zero-order valence-corrected chi connectivity index (χ0v) is 21.5. The molecule has 0 radical (unpaired) electrons. The van der Waals surface area contributed by atoms with E-state index in [1.807, 2.05) is 52.7 Å². The molecule has 6 nitrogen and oxygen atoms in total. The fraction of sp³-hybridized carbons (Fsp3) is 0.276. The van der Waals surface area contributed by atoms with Crippen molar-refractivity contribution in [1.29, 1.82) is 0 Å². The minimum atomic E-state index is 0.109. The van der Waals surface area contributed by atoms with Gasteiger partial charge in [0.2, 0.25) is 0 Å². The monoisotopic (exact) mass is 498 g/mol. The van der Waals surface area contributed by atoms with Crippen molar-refractivity contribution < 1.29 is 9.53 Å². The van der Waals surface area contributed by atoms with Crippen LogP contribution >= 0.6 is 11.3 Å². The maximum atomic E-state index is 12.9. The summed E-state index contributed by atoms with van der Waals surface area (Å²) in [7, 11) is 1.70. The highest BCUT2D eigenvalue weighted by Gasteiger charge is 2.27. The van der Waals surface area contributed by atoms with Crippen LogP contribution in [0.25, 0.3) is 11.4 Å². The molecule has 0 N–H and O–H groups in total. The van der Waals surface area contributed by atoms with Gasteiger partial charge in [0, 0.05) is 50.8 Å². The molecule has 0 unspecified atom stereocenters. The molecule has 1 aliphatic rings. The largest absolute Gasteiger partial charge is 0.378 e. The van der Waals surface area contributed by atoms with E-state index < -0.39 is 0 Å². The molecule has 5 rings (SSSR count). The van der Waals surface area contributed by atoms with Gasteiger partial charge >= 0.3 is 0 Å². The average Bonchev–Trinajstić information content (AvgIpc) is 3.46. The molecule has 36 heavy (non-hydrogen) atoms. The normalized spacial score (nSPS) is 13.7. The van der Waals surface area contributed by atoms with Gasteiger partial charge in [-0.3, -0.25) is 4.79 Å². The quantitative estimate of drug-likeness (QED) is 0.350. The van der Waals surface area contributed by atoms with Gasteiger partial charge in [-0.25, -0.2) is 9.97 Å². The van der Waals surface area contributed by atoms with Crippen LogP contribution in [-0.2, 0) is 17.8 Å². The molecule has 3 heterocycles. The number of amides is 1. The van der Waals surface area contributed by atoms with Crippen molar-refractivity contribution in [2.24, 2.45) is 0 Å². The number of carbonyl (C=O) groups excluding carboxylic acids is 1. The number of methoxy groups -OCH3 is 1. The third-order valence-electron chi connectivity index (χ3n) is 6.48. The Morgan fingerprint density at radius 1 is 0.944 bits per heavy atom. The molecule has 4 aromatic rings. The van der Waals surface area contributed by atoms with E-state index in [2.05, 4.69) is 36.1 Å². The molecule has 1 amide bonds. The fourth-order valence-corrected chi connectivity index (χ4v) is 5.21. The Morgan fingerprint density at radius 3 is 2.36 bits per heavy atom. The van der Waals surface area contributed by atoms with Crippen molar-refractivity contribution in [3.8, 4) is 11.4 Å². The van der Waals surface area contributed by atoms with Crippen LogP contribution in [0.1, 0.15) is 32.1 Å². The van der Waals surface area contributed by atoms with E-state index in [1.165, 1.54) is 22.5 Å². The van der Waals surface area contributed by atoms with E-state index in [0.29, 0.717) is 25.5 Å². The van der Waals surface area contributed by atoms with Gasteiger partial charge in [-0.05, 0) is 23.9 Å². The van der Waals surface area contributed by atoms with E-state index in [0.717, 1.165) is 47.0 Å². The maximum Gasteiger partial charge on any atom is 0.264 e. The second-order valence-corrected chi connectivity index (χ2v) is 9.96. The van der Waals surface area contributed by atoms with Gasteiger partial charge in [-0.1, -0.05) is 66.2 Å².